The molecule has 0 saturated carbocycles. The number of benzene rings is 3. The summed E-state index contributed by atoms with van der Waals surface area (Å²) in [5, 5.41) is 8.29. The number of rotatable bonds is 15. The highest BCUT2D eigenvalue weighted by Gasteiger charge is 2.37. The molecule has 1 saturated heterocycles. The number of H-pyrrole nitrogens is 1. The molecule has 0 bridgehead atoms. The minimum Gasteiger partial charge on any atom is -0.453 e. The molecule has 4 aromatic rings. The molecule has 0 unspecified atom stereocenters. The first-order valence-electron chi connectivity index (χ1n) is 19.4. The van der Waals surface area contributed by atoms with Crippen LogP contribution in [0.3, 0.4) is 0 Å². The van der Waals surface area contributed by atoms with Gasteiger partial charge in [-0.25, -0.2) is 14.6 Å². The number of amides is 5. The Morgan fingerprint density at radius 2 is 1.47 bits per heavy atom. The molecule has 1 aliphatic heterocycles. The van der Waals surface area contributed by atoms with Gasteiger partial charge in [0.15, 0.2) is 0 Å². The van der Waals surface area contributed by atoms with Crippen LogP contribution in [-0.2, 0) is 23.9 Å². The molecule has 57 heavy (non-hydrogen) atoms. The van der Waals surface area contributed by atoms with E-state index in [9.17, 15) is 24.0 Å². The van der Waals surface area contributed by atoms with Crippen molar-refractivity contribution in [3.63, 3.8) is 0 Å². The third-order valence-corrected chi connectivity index (χ3v) is 10.2. The van der Waals surface area contributed by atoms with Gasteiger partial charge in [-0.15, -0.1) is 0 Å². The quantitative estimate of drug-likeness (QED) is 0.101. The van der Waals surface area contributed by atoms with Crippen LogP contribution in [0, 0.1) is 5.92 Å². The number of methoxy groups -OCH3 is 2. The normalized spacial score (nSPS) is 15.3. The topological polar surface area (TPSA) is 175 Å². The maximum absolute atomic E-state index is 13.9. The number of nitrogens with one attached hydrogen (secondary N) is 4. The van der Waals surface area contributed by atoms with Gasteiger partial charge in [-0.3, -0.25) is 14.4 Å². The van der Waals surface area contributed by atoms with E-state index in [1.165, 1.54) is 14.2 Å². The fourth-order valence-electron chi connectivity index (χ4n) is 7.14. The monoisotopic (exact) mass is 779 g/mol. The molecule has 3 aromatic carbocycles. The molecule has 5 rings (SSSR count). The van der Waals surface area contributed by atoms with Crippen molar-refractivity contribution in [2.24, 2.45) is 5.92 Å². The number of carbonyl (C=O) groups excluding carboxylic acids is 5. The van der Waals surface area contributed by atoms with Crippen LogP contribution in [0.25, 0.3) is 22.4 Å². The molecular weight excluding hydrogens is 727 g/mol. The van der Waals surface area contributed by atoms with Gasteiger partial charge in [0.2, 0.25) is 11.8 Å². The van der Waals surface area contributed by atoms with Gasteiger partial charge >= 0.3 is 12.2 Å². The molecule has 1 aliphatic rings. The van der Waals surface area contributed by atoms with Crippen LogP contribution >= 0.6 is 0 Å². The van der Waals surface area contributed by atoms with Crippen LogP contribution in [0.1, 0.15) is 76.8 Å². The summed E-state index contributed by atoms with van der Waals surface area (Å²) in [7, 11) is 2.51. The second-order valence-corrected chi connectivity index (χ2v) is 14.3. The Morgan fingerprint density at radius 3 is 2.07 bits per heavy atom. The molecule has 1 fully saturated rings. The molecule has 4 N–H and O–H groups in total. The largest absolute Gasteiger partial charge is 0.453 e. The van der Waals surface area contributed by atoms with E-state index in [0.29, 0.717) is 43.0 Å². The summed E-state index contributed by atoms with van der Waals surface area (Å²) in [5.74, 6) is -0.414. The molecule has 1 aromatic heterocycles. The summed E-state index contributed by atoms with van der Waals surface area (Å²) < 4.78 is 9.54. The van der Waals surface area contributed by atoms with E-state index < -0.39 is 30.3 Å². The van der Waals surface area contributed by atoms with Crippen molar-refractivity contribution in [1.82, 2.24) is 30.4 Å². The number of hydrogen-bond donors (Lipinski definition) is 4. The Morgan fingerprint density at radius 1 is 0.860 bits per heavy atom. The van der Waals surface area contributed by atoms with Gasteiger partial charge in [-0.05, 0) is 66.0 Å². The first-order valence-corrected chi connectivity index (χ1v) is 19.4. The average Bonchev–Trinajstić information content (AvgIpc) is 3.93. The highest BCUT2D eigenvalue weighted by Crippen LogP contribution is 2.34. The van der Waals surface area contributed by atoms with Crippen molar-refractivity contribution >= 4 is 35.6 Å². The number of imidazole rings is 1. The molecule has 302 valence electrons. The number of likely N-dealkylation sites (tertiary alicyclic amines) is 1. The lowest BCUT2D eigenvalue weighted by molar-refractivity contribution is -0.141. The van der Waals surface area contributed by atoms with Crippen molar-refractivity contribution in [1.29, 1.82) is 0 Å². The zero-order chi connectivity index (χ0) is 41.1. The van der Waals surface area contributed by atoms with Crippen molar-refractivity contribution in [2.45, 2.75) is 77.5 Å². The predicted octanol–water partition coefficient (Wildman–Crippen LogP) is 6.84. The third-order valence-electron chi connectivity index (χ3n) is 10.2. The second kappa shape index (κ2) is 19.6. The fourth-order valence-corrected chi connectivity index (χ4v) is 7.14. The summed E-state index contributed by atoms with van der Waals surface area (Å²) >= 11 is 0. The number of carbonyl (C=O) groups is 5. The van der Waals surface area contributed by atoms with E-state index in [1.807, 2.05) is 94.4 Å². The zero-order valence-corrected chi connectivity index (χ0v) is 33.4. The molecule has 0 aliphatic carbocycles. The number of ether oxygens (including phenoxy) is 2. The molecule has 0 radical (unpaired) electrons. The lowest BCUT2D eigenvalue weighted by Crippen LogP contribution is -2.56. The van der Waals surface area contributed by atoms with Crippen LogP contribution in [0.5, 0.6) is 0 Å². The Hall–Kier alpha value is -6.18. The van der Waals surface area contributed by atoms with Crippen molar-refractivity contribution in [3.05, 3.63) is 96.4 Å². The van der Waals surface area contributed by atoms with Crippen LogP contribution < -0.4 is 16.0 Å². The predicted molar refractivity (Wildman–Crippen MR) is 217 cm³/mol. The minimum absolute atomic E-state index is 0.215. The summed E-state index contributed by atoms with van der Waals surface area (Å²) in [6.07, 6.45) is 2.94. The summed E-state index contributed by atoms with van der Waals surface area (Å²) in [4.78, 5) is 76.7. The minimum atomic E-state index is -0.896. The van der Waals surface area contributed by atoms with Crippen LogP contribution in [-0.4, -0.2) is 89.1 Å². The Labute approximate surface area is 333 Å². The smallest absolute Gasteiger partial charge is 0.407 e. The van der Waals surface area contributed by atoms with Gasteiger partial charge in [0.1, 0.15) is 23.9 Å². The van der Waals surface area contributed by atoms with E-state index >= 15 is 0 Å². The van der Waals surface area contributed by atoms with Crippen LogP contribution in [0.2, 0.25) is 0 Å². The average molecular weight is 780 g/mol. The highest BCUT2D eigenvalue weighted by molar-refractivity contribution is 5.98. The molecule has 14 heteroatoms. The van der Waals surface area contributed by atoms with E-state index in [4.69, 9.17) is 9.47 Å². The molecule has 0 spiro atoms. The maximum atomic E-state index is 13.9. The standard InChI is InChI=1S/C43H53N7O7/c1-7-24-49(40(52)36(27(3)4)47-42(54)56-5)34(8-2)39(51)45-32-22-20-29(21-23-32)28-16-18-30(19-17-28)33-26-44-38(46-33)35-15-12-25-50(35)41(53)37(48-43(55)57-6)31-13-10-9-11-14-31/h9-11,13-14,16-23,26-27,34-37H,7-8,12,15,24-25H2,1-6H3,(H,44,46)(H,45,51)(H,47,54)(H,48,55)/t34-,35-,36-,37+/m0/s1. The van der Waals surface area contributed by atoms with E-state index in [1.54, 1.807) is 28.1 Å². The molecular formula is C43H53N7O7. The first-order chi connectivity index (χ1) is 27.5. The van der Waals surface area contributed by atoms with Gasteiger partial charge in [-0.2, -0.15) is 0 Å². The number of aromatic nitrogens is 2. The van der Waals surface area contributed by atoms with Gasteiger partial charge in [0.05, 0.1) is 32.2 Å². The number of alkyl carbamates (subject to hydrolysis) is 2. The lowest BCUT2D eigenvalue weighted by atomic mass is 10.0. The van der Waals surface area contributed by atoms with Crippen LogP contribution in [0.15, 0.2) is 85.1 Å². The number of nitrogens with zero attached hydrogens (tertiary/aromatic N) is 3. The molecule has 14 nitrogen and oxygen atoms in total. The SMILES string of the molecule is CCCN(C(=O)[C@@H](NC(=O)OC)C(C)C)[C@@H](CC)C(=O)Nc1ccc(-c2ccc(-c3cnc([C@@H]4CCCN4C(=O)[C@H](NC(=O)OC)c4ccccc4)[nH]3)cc2)cc1. The summed E-state index contributed by atoms with van der Waals surface area (Å²) in [5.41, 5.74) is 4.91. The zero-order valence-electron chi connectivity index (χ0n) is 33.4. The fraction of sp³-hybridized carbons (Fsp3) is 0.395. The maximum Gasteiger partial charge on any atom is 0.407 e. The van der Waals surface area contributed by atoms with Gasteiger partial charge in [0, 0.05) is 18.8 Å². The number of hydrogen-bond acceptors (Lipinski definition) is 8. The summed E-state index contributed by atoms with van der Waals surface area (Å²) in [6, 6.07) is 21.9. The van der Waals surface area contributed by atoms with Gasteiger partial charge < -0.3 is 40.2 Å². The first kappa shape index (κ1) is 42.0. The molecule has 5 amide bonds. The number of aromatic amines is 1. The van der Waals surface area contributed by atoms with E-state index in [-0.39, 0.29) is 29.7 Å². The van der Waals surface area contributed by atoms with E-state index in [0.717, 1.165) is 35.2 Å². The molecule has 2 heterocycles. The summed E-state index contributed by atoms with van der Waals surface area (Å²) in [6.45, 7) is 8.35. The Bertz CT molecular complexity index is 1980. The van der Waals surface area contributed by atoms with E-state index in [2.05, 4.69) is 25.9 Å². The number of anilines is 1. The Balaban J connectivity index is 1.25. The van der Waals surface area contributed by atoms with Crippen molar-refractivity contribution < 1.29 is 33.4 Å². The Kier molecular flexibility index (Phi) is 14.4. The third kappa shape index (κ3) is 10.2. The highest BCUT2D eigenvalue weighted by atomic mass is 16.5. The van der Waals surface area contributed by atoms with Gasteiger partial charge in [-0.1, -0.05) is 94.4 Å². The van der Waals surface area contributed by atoms with Crippen LogP contribution in [0.4, 0.5) is 15.3 Å². The second-order valence-electron chi connectivity index (χ2n) is 14.3. The van der Waals surface area contributed by atoms with Crippen molar-refractivity contribution in [3.8, 4) is 22.4 Å². The van der Waals surface area contributed by atoms with Crippen molar-refractivity contribution in [2.75, 3.05) is 32.6 Å². The lowest BCUT2D eigenvalue weighted by Gasteiger charge is -2.34. The molecule has 4 atom stereocenters. The van der Waals surface area contributed by atoms with Gasteiger partial charge in [0.25, 0.3) is 5.91 Å².